The van der Waals surface area contributed by atoms with Gasteiger partial charge in [0.25, 0.3) is 0 Å². The maximum Gasteiger partial charge on any atom is 0.326 e. The highest BCUT2D eigenvalue weighted by molar-refractivity contribution is 7.98. The molecule has 0 aliphatic heterocycles. The van der Waals surface area contributed by atoms with E-state index in [4.69, 9.17) is 11.5 Å². The van der Waals surface area contributed by atoms with Crippen molar-refractivity contribution in [3.05, 3.63) is 35.9 Å². The van der Waals surface area contributed by atoms with E-state index >= 15 is 0 Å². The summed E-state index contributed by atoms with van der Waals surface area (Å²) in [6, 6.07) is 3.76. The Labute approximate surface area is 288 Å². The van der Waals surface area contributed by atoms with Crippen LogP contribution in [0.25, 0.3) is 0 Å². The van der Waals surface area contributed by atoms with Gasteiger partial charge in [0.1, 0.15) is 30.2 Å². The number of hydrogen-bond acceptors (Lipinski definition) is 9. The molecule has 0 saturated heterocycles. The number of carbonyl (C=O) groups is 6. The van der Waals surface area contributed by atoms with Crippen LogP contribution in [0, 0.1) is 5.92 Å². The summed E-state index contributed by atoms with van der Waals surface area (Å²) in [5.74, 6) is -3.01. The molecule has 1 aromatic carbocycles. The van der Waals surface area contributed by atoms with Crippen molar-refractivity contribution in [2.24, 2.45) is 17.4 Å². The van der Waals surface area contributed by atoms with Crippen LogP contribution in [-0.4, -0.2) is 96.4 Å². The molecule has 0 fully saturated rings. The quantitative estimate of drug-likeness (QED) is 0.0492. The lowest BCUT2D eigenvalue weighted by Crippen LogP contribution is -2.59. The van der Waals surface area contributed by atoms with Gasteiger partial charge in [-0.05, 0) is 87.9 Å². The van der Waals surface area contributed by atoms with E-state index in [1.807, 2.05) is 26.2 Å². The zero-order chi connectivity index (χ0) is 35.9. The number of nitrogens with one attached hydrogen (secondary N) is 5. The Kier molecular flexibility index (Phi) is 21.6. The molecule has 1 aromatic rings. The van der Waals surface area contributed by atoms with Gasteiger partial charge in [0.05, 0.1) is 0 Å². The van der Waals surface area contributed by atoms with Crippen LogP contribution in [0.3, 0.4) is 0 Å². The van der Waals surface area contributed by atoms with Gasteiger partial charge in [0.15, 0.2) is 0 Å². The summed E-state index contributed by atoms with van der Waals surface area (Å²) in [5.41, 5.74) is 11.9. The molecule has 0 aliphatic carbocycles. The molecule has 48 heavy (non-hydrogen) atoms. The SMILES string of the molecule is CSCC[C@H](NC=O)C(=O)N[C@@H](CC(C)C)C(=O)N[C@@H](Cc1ccccc1)C(=O)N[C@@H](CCCCN)C(=O)N[C@@H](CCCCN)C(=O)O. The maximum absolute atomic E-state index is 13.8. The first kappa shape index (κ1) is 42.3. The van der Waals surface area contributed by atoms with Crippen LogP contribution in [0.2, 0.25) is 0 Å². The van der Waals surface area contributed by atoms with E-state index in [9.17, 15) is 33.9 Å². The standard InChI is InChI=1S/C33H55N7O7S/c1-22(2)19-27(39-29(42)24(36-21-41)15-18-48-3)31(44)40-28(20-23-11-5-4-6-12-23)32(45)37-25(13-7-9-16-34)30(43)38-26(33(46)47)14-8-10-17-35/h4-6,11-12,21-22,24-28H,7-10,13-20,34-35H2,1-3H3,(H,36,41)(H,37,45)(H,38,43)(H,39,42)(H,40,44)(H,46,47)/t24-,25-,26-,27-,28-/m0/s1. The summed E-state index contributed by atoms with van der Waals surface area (Å²) in [6.45, 7) is 4.54. The van der Waals surface area contributed by atoms with Crippen molar-refractivity contribution in [1.29, 1.82) is 0 Å². The van der Waals surface area contributed by atoms with Crippen LogP contribution >= 0.6 is 11.8 Å². The van der Waals surface area contributed by atoms with Crippen LogP contribution < -0.4 is 38.1 Å². The summed E-state index contributed by atoms with van der Waals surface area (Å²) < 4.78 is 0. The summed E-state index contributed by atoms with van der Waals surface area (Å²) in [7, 11) is 0. The number of carbonyl (C=O) groups excluding carboxylic acids is 5. The largest absolute Gasteiger partial charge is 0.480 e. The molecule has 0 heterocycles. The van der Waals surface area contributed by atoms with Gasteiger partial charge in [-0.3, -0.25) is 24.0 Å². The van der Waals surface area contributed by atoms with Crippen molar-refractivity contribution >= 4 is 47.8 Å². The second kappa shape index (κ2) is 24.5. The smallest absolute Gasteiger partial charge is 0.326 e. The number of carboxylic acids is 1. The van der Waals surface area contributed by atoms with Gasteiger partial charge in [0.2, 0.25) is 30.0 Å². The Morgan fingerprint density at radius 1 is 0.729 bits per heavy atom. The minimum absolute atomic E-state index is 0.00576. The van der Waals surface area contributed by atoms with Gasteiger partial charge >= 0.3 is 5.97 Å². The predicted octanol–water partition coefficient (Wildman–Crippen LogP) is 0.425. The molecule has 1 rings (SSSR count). The molecule has 0 aliphatic rings. The average Bonchev–Trinajstić information content (AvgIpc) is 3.05. The van der Waals surface area contributed by atoms with Crippen molar-refractivity contribution in [3.8, 4) is 0 Å². The molecule has 0 spiro atoms. The highest BCUT2D eigenvalue weighted by Gasteiger charge is 2.32. The highest BCUT2D eigenvalue weighted by Crippen LogP contribution is 2.11. The van der Waals surface area contributed by atoms with Crippen LogP contribution in [0.4, 0.5) is 0 Å². The molecular formula is C33H55N7O7S. The fourth-order valence-electron chi connectivity index (χ4n) is 4.97. The van der Waals surface area contributed by atoms with Gasteiger partial charge in [-0.25, -0.2) is 4.79 Å². The Balaban J connectivity index is 3.29. The summed E-state index contributed by atoms with van der Waals surface area (Å²) in [5, 5.41) is 23.0. The lowest BCUT2D eigenvalue weighted by Gasteiger charge is -2.27. The fourth-order valence-corrected chi connectivity index (χ4v) is 5.44. The number of nitrogens with two attached hydrogens (primary N) is 2. The number of carboxylic acid groups (broad SMARTS) is 1. The summed E-state index contributed by atoms with van der Waals surface area (Å²) >= 11 is 1.51. The average molecular weight is 694 g/mol. The van der Waals surface area contributed by atoms with E-state index in [0.29, 0.717) is 57.4 Å². The minimum atomic E-state index is -1.20. The topological polar surface area (TPSA) is 235 Å². The number of rotatable bonds is 26. The molecule has 10 N–H and O–H groups in total. The summed E-state index contributed by atoms with van der Waals surface area (Å²) in [6.07, 6.45) is 5.58. The van der Waals surface area contributed by atoms with Crippen molar-refractivity contribution in [1.82, 2.24) is 26.6 Å². The first-order valence-electron chi connectivity index (χ1n) is 16.5. The number of amides is 5. The van der Waals surface area contributed by atoms with Crippen molar-refractivity contribution in [2.45, 2.75) is 102 Å². The van der Waals surface area contributed by atoms with Gasteiger partial charge in [-0.15, -0.1) is 0 Å². The molecule has 0 aromatic heterocycles. The normalized spacial score (nSPS) is 14.1. The fraction of sp³-hybridized carbons (Fsp3) is 0.636. The zero-order valence-corrected chi connectivity index (χ0v) is 29.2. The Morgan fingerprint density at radius 3 is 1.77 bits per heavy atom. The number of thioether (sulfide) groups is 1. The van der Waals surface area contributed by atoms with Crippen LogP contribution in [0.1, 0.15) is 70.8 Å². The molecule has 5 amide bonds. The van der Waals surface area contributed by atoms with E-state index in [1.165, 1.54) is 11.8 Å². The van der Waals surface area contributed by atoms with Gasteiger partial charge in [-0.1, -0.05) is 44.2 Å². The predicted molar refractivity (Wildman–Crippen MR) is 187 cm³/mol. The molecule has 5 atom stereocenters. The Hall–Kier alpha value is -3.69. The van der Waals surface area contributed by atoms with Crippen molar-refractivity contribution in [3.63, 3.8) is 0 Å². The monoisotopic (exact) mass is 693 g/mol. The molecule has 14 nitrogen and oxygen atoms in total. The number of unbranched alkanes of at least 4 members (excludes halogenated alkanes) is 2. The molecule has 270 valence electrons. The van der Waals surface area contributed by atoms with E-state index in [-0.39, 0.29) is 31.6 Å². The first-order valence-corrected chi connectivity index (χ1v) is 17.9. The van der Waals surface area contributed by atoms with Crippen LogP contribution in [-0.2, 0) is 35.2 Å². The first-order chi connectivity index (χ1) is 23.0. The third-order valence-corrected chi connectivity index (χ3v) is 8.24. The van der Waals surface area contributed by atoms with E-state index < -0.39 is 59.8 Å². The third kappa shape index (κ3) is 16.9. The maximum atomic E-state index is 13.8. The van der Waals surface area contributed by atoms with E-state index in [0.717, 1.165) is 5.56 Å². The third-order valence-electron chi connectivity index (χ3n) is 7.59. The second-order valence-electron chi connectivity index (χ2n) is 12.1. The number of hydrogen-bond donors (Lipinski definition) is 8. The van der Waals surface area contributed by atoms with Crippen LogP contribution in [0.15, 0.2) is 30.3 Å². The molecule has 0 saturated carbocycles. The molecule has 15 heteroatoms. The van der Waals surface area contributed by atoms with E-state index in [2.05, 4.69) is 26.6 Å². The van der Waals surface area contributed by atoms with Crippen molar-refractivity contribution < 1.29 is 33.9 Å². The second-order valence-corrected chi connectivity index (χ2v) is 13.1. The van der Waals surface area contributed by atoms with Gasteiger partial charge in [0, 0.05) is 6.42 Å². The summed E-state index contributed by atoms with van der Waals surface area (Å²) in [4.78, 5) is 77.0. The van der Waals surface area contributed by atoms with E-state index in [1.54, 1.807) is 24.3 Å². The van der Waals surface area contributed by atoms with Gasteiger partial charge in [-0.2, -0.15) is 11.8 Å². The molecule has 0 bridgehead atoms. The van der Waals surface area contributed by atoms with Gasteiger partial charge < -0.3 is 43.2 Å². The minimum Gasteiger partial charge on any atom is -0.480 e. The highest BCUT2D eigenvalue weighted by atomic mass is 32.2. The van der Waals surface area contributed by atoms with Crippen molar-refractivity contribution in [2.75, 3.05) is 25.1 Å². The number of benzene rings is 1. The number of aliphatic carboxylic acids is 1. The van der Waals surface area contributed by atoms with Crippen LogP contribution in [0.5, 0.6) is 0 Å². The lowest BCUT2D eigenvalue weighted by atomic mass is 10.00. The Morgan fingerprint density at radius 2 is 1.23 bits per heavy atom. The molecular weight excluding hydrogens is 638 g/mol. The molecule has 0 unspecified atom stereocenters. The Bertz CT molecular complexity index is 1140. The zero-order valence-electron chi connectivity index (χ0n) is 28.4. The molecule has 0 radical (unpaired) electrons. The lowest BCUT2D eigenvalue weighted by molar-refractivity contribution is -0.142.